The lowest BCUT2D eigenvalue weighted by atomic mass is 9.89. The Kier molecular flexibility index (Phi) is 7.62. The summed E-state index contributed by atoms with van der Waals surface area (Å²) in [6.45, 7) is 11.6. The highest BCUT2D eigenvalue weighted by Crippen LogP contribution is 2.30. The number of aryl methyl sites for hydroxylation is 2. The lowest BCUT2D eigenvalue weighted by Gasteiger charge is -2.39. The fourth-order valence-electron chi connectivity index (χ4n) is 4.57. The molecule has 0 saturated carbocycles. The van der Waals surface area contributed by atoms with Gasteiger partial charge in [0.25, 0.3) is 5.69 Å². The number of nitro groups is 1. The second-order valence-corrected chi connectivity index (χ2v) is 8.50. The van der Waals surface area contributed by atoms with Gasteiger partial charge in [0.2, 0.25) is 0 Å². The molecule has 1 heterocycles. The molecule has 0 bridgehead atoms. The zero-order valence-electron chi connectivity index (χ0n) is 18.7. The summed E-state index contributed by atoms with van der Waals surface area (Å²) in [6, 6.07) is 13.0. The van der Waals surface area contributed by atoms with Gasteiger partial charge in [0.15, 0.2) is 0 Å². The van der Waals surface area contributed by atoms with E-state index in [2.05, 4.69) is 36.1 Å². The Morgan fingerprint density at radius 2 is 1.70 bits per heavy atom. The Morgan fingerprint density at radius 1 is 1.10 bits per heavy atom. The smallest absolute Gasteiger partial charge is 0.275 e. The molecule has 4 rings (SSSR count). The van der Waals surface area contributed by atoms with E-state index in [1.165, 1.54) is 29.5 Å². The number of nitro benzene ring substituents is 1. The topological polar surface area (TPSA) is 55.6 Å². The van der Waals surface area contributed by atoms with E-state index in [-0.39, 0.29) is 10.6 Å². The van der Waals surface area contributed by atoms with Crippen LogP contribution in [-0.2, 0) is 11.3 Å². The third-order valence-electron chi connectivity index (χ3n) is 6.31. The van der Waals surface area contributed by atoms with E-state index in [1.54, 1.807) is 0 Å². The second kappa shape index (κ2) is 10.2. The summed E-state index contributed by atoms with van der Waals surface area (Å²) in [5, 5.41) is 11.1. The van der Waals surface area contributed by atoms with E-state index >= 15 is 0 Å². The number of nitrogens with zero attached hydrogens (tertiary/aromatic N) is 2. The van der Waals surface area contributed by atoms with Crippen LogP contribution >= 0.6 is 0 Å². The summed E-state index contributed by atoms with van der Waals surface area (Å²) in [4.78, 5) is 13.4. The van der Waals surface area contributed by atoms with E-state index in [0.29, 0.717) is 12.0 Å². The van der Waals surface area contributed by atoms with Gasteiger partial charge in [0.05, 0.1) is 4.92 Å². The molecule has 5 nitrogen and oxygen atoms in total. The molecule has 2 unspecified atom stereocenters. The minimum Gasteiger partial charge on any atom is -0.381 e. The SMILES string of the molecule is CCOCC1CCN(Cc2cc(C)c([N+](=O)[O-])c(C)c2)C(CC)C1.c1cc2ccc1-2. The normalized spacial score (nSPS) is 19.7. The summed E-state index contributed by atoms with van der Waals surface area (Å²) < 4.78 is 5.60. The summed E-state index contributed by atoms with van der Waals surface area (Å²) in [5.41, 5.74) is 5.80. The number of benzene rings is 2. The molecule has 1 aromatic rings. The van der Waals surface area contributed by atoms with Gasteiger partial charge >= 0.3 is 0 Å². The number of ether oxygens (including phenoxy) is 1. The van der Waals surface area contributed by atoms with Gasteiger partial charge in [0.1, 0.15) is 0 Å². The van der Waals surface area contributed by atoms with Crippen LogP contribution in [0.2, 0.25) is 0 Å². The van der Waals surface area contributed by atoms with Gasteiger partial charge in [-0.3, -0.25) is 15.0 Å². The first-order valence-electron chi connectivity index (χ1n) is 11.1. The molecular weight excluding hydrogens is 376 g/mol. The van der Waals surface area contributed by atoms with E-state index in [9.17, 15) is 10.1 Å². The first kappa shape index (κ1) is 22.4. The van der Waals surface area contributed by atoms with Crippen molar-refractivity contribution in [3.05, 3.63) is 63.2 Å². The maximum Gasteiger partial charge on any atom is 0.275 e. The predicted octanol–water partition coefficient (Wildman–Crippen LogP) is 5.91. The largest absolute Gasteiger partial charge is 0.381 e. The number of rotatable bonds is 7. The van der Waals surface area contributed by atoms with Crippen molar-refractivity contribution < 1.29 is 9.66 Å². The van der Waals surface area contributed by atoms with Crippen LogP contribution in [0, 0.1) is 29.9 Å². The zero-order valence-corrected chi connectivity index (χ0v) is 18.7. The Balaban J connectivity index is 0.000000357. The van der Waals surface area contributed by atoms with Gasteiger partial charge in [-0.2, -0.15) is 0 Å². The van der Waals surface area contributed by atoms with E-state index in [4.69, 9.17) is 4.74 Å². The van der Waals surface area contributed by atoms with Gasteiger partial charge < -0.3 is 4.74 Å². The molecule has 0 amide bonds. The minimum absolute atomic E-state index is 0.251. The van der Waals surface area contributed by atoms with Crippen LogP contribution in [0.5, 0.6) is 0 Å². The van der Waals surface area contributed by atoms with Crippen molar-refractivity contribution >= 4 is 5.69 Å². The molecule has 162 valence electrons. The van der Waals surface area contributed by atoms with Crippen molar-refractivity contribution in [3.8, 4) is 11.1 Å². The van der Waals surface area contributed by atoms with Crippen molar-refractivity contribution in [1.82, 2.24) is 4.90 Å². The fourth-order valence-corrected chi connectivity index (χ4v) is 4.57. The maximum absolute atomic E-state index is 11.1. The summed E-state index contributed by atoms with van der Waals surface area (Å²) in [6.07, 6.45) is 3.48. The molecule has 2 aliphatic carbocycles. The number of fused-ring (bicyclic) bond motifs is 1. The Morgan fingerprint density at radius 3 is 2.13 bits per heavy atom. The van der Waals surface area contributed by atoms with Crippen LogP contribution in [0.1, 0.15) is 49.8 Å². The number of piperidine rings is 1. The number of likely N-dealkylation sites (tertiary alicyclic amines) is 1. The van der Waals surface area contributed by atoms with Crippen molar-refractivity contribution in [3.63, 3.8) is 0 Å². The Labute approximate surface area is 180 Å². The van der Waals surface area contributed by atoms with Crippen LogP contribution < -0.4 is 0 Å². The summed E-state index contributed by atoms with van der Waals surface area (Å²) >= 11 is 0. The molecule has 1 aliphatic heterocycles. The molecule has 5 heteroatoms. The molecule has 1 fully saturated rings. The number of hydrogen-bond acceptors (Lipinski definition) is 4. The van der Waals surface area contributed by atoms with Gasteiger partial charge in [0, 0.05) is 36.9 Å². The van der Waals surface area contributed by atoms with Crippen molar-refractivity contribution in [2.75, 3.05) is 19.8 Å². The first-order chi connectivity index (χ1) is 14.4. The Bertz CT molecular complexity index is 819. The predicted molar refractivity (Wildman–Crippen MR) is 122 cm³/mol. The first-order valence-corrected chi connectivity index (χ1v) is 11.1. The van der Waals surface area contributed by atoms with Crippen LogP contribution in [0.25, 0.3) is 11.1 Å². The van der Waals surface area contributed by atoms with Gasteiger partial charge in [-0.1, -0.05) is 31.2 Å². The highest BCUT2D eigenvalue weighted by Gasteiger charge is 2.28. The molecule has 30 heavy (non-hydrogen) atoms. The molecule has 1 saturated heterocycles. The zero-order chi connectivity index (χ0) is 21.7. The van der Waals surface area contributed by atoms with Gasteiger partial charge in [-0.25, -0.2) is 0 Å². The maximum atomic E-state index is 11.1. The minimum atomic E-state index is -0.275. The number of hydrogen-bond donors (Lipinski definition) is 0. The van der Waals surface area contributed by atoms with E-state index in [1.807, 2.05) is 32.9 Å². The van der Waals surface area contributed by atoms with Crippen LogP contribution in [0.15, 0.2) is 36.4 Å². The van der Waals surface area contributed by atoms with Crippen LogP contribution in [0.3, 0.4) is 0 Å². The monoisotopic (exact) mass is 410 g/mol. The van der Waals surface area contributed by atoms with Crippen LogP contribution in [0.4, 0.5) is 5.69 Å². The molecule has 0 radical (unpaired) electrons. The van der Waals surface area contributed by atoms with Gasteiger partial charge in [-0.05, 0) is 81.3 Å². The highest BCUT2D eigenvalue weighted by atomic mass is 16.6. The molecule has 0 N–H and O–H groups in total. The molecular formula is C25H34N2O3. The summed E-state index contributed by atoms with van der Waals surface area (Å²) in [5.74, 6) is 0.659. The van der Waals surface area contributed by atoms with E-state index < -0.39 is 0 Å². The van der Waals surface area contributed by atoms with Crippen LogP contribution in [-0.4, -0.2) is 35.6 Å². The quantitative estimate of drug-likeness (QED) is 0.359. The summed E-state index contributed by atoms with van der Waals surface area (Å²) in [7, 11) is 0. The molecule has 3 aliphatic rings. The average molecular weight is 411 g/mol. The van der Waals surface area contributed by atoms with E-state index in [0.717, 1.165) is 43.9 Å². The lowest BCUT2D eigenvalue weighted by Crippen LogP contribution is -2.42. The molecule has 2 atom stereocenters. The lowest BCUT2D eigenvalue weighted by molar-refractivity contribution is -0.386. The standard InChI is InChI=1S/C19H30N2O3.C6H4/c1-5-18-11-16(13-24-6-2)7-8-20(18)12-17-9-14(3)19(21(22)23)15(4)10-17;1-2-6-4-3-5(1)6/h9-10,16,18H,5-8,11-13H2,1-4H3;1-4H. The molecule has 0 spiro atoms. The molecule has 1 aromatic carbocycles. The van der Waals surface area contributed by atoms with Gasteiger partial charge in [-0.15, -0.1) is 0 Å². The highest BCUT2D eigenvalue weighted by molar-refractivity contribution is 5.75. The van der Waals surface area contributed by atoms with Crippen molar-refractivity contribution in [1.29, 1.82) is 0 Å². The van der Waals surface area contributed by atoms with Crippen molar-refractivity contribution in [2.45, 2.75) is 59.5 Å². The third-order valence-corrected chi connectivity index (χ3v) is 6.31. The second-order valence-electron chi connectivity index (χ2n) is 8.50. The Hall–Kier alpha value is -2.24. The van der Waals surface area contributed by atoms with Crippen molar-refractivity contribution in [2.24, 2.45) is 5.92 Å². The molecule has 0 aromatic heterocycles. The fraction of sp³-hybridized carbons (Fsp3) is 0.520. The average Bonchev–Trinajstić information content (AvgIpc) is 2.69. The third kappa shape index (κ3) is 5.27.